The lowest BCUT2D eigenvalue weighted by atomic mass is 9.95. The van der Waals surface area contributed by atoms with E-state index in [1.54, 1.807) is 13.2 Å². The molecule has 4 rings (SSSR count). The molecule has 2 aromatic carbocycles. The molecule has 5 heteroatoms. The number of carbonyl (C=O) groups excluding carboxylic acids is 1. The second kappa shape index (κ2) is 4.94. The van der Waals surface area contributed by atoms with E-state index >= 15 is 0 Å². The highest BCUT2D eigenvalue weighted by Gasteiger charge is 2.28. The van der Waals surface area contributed by atoms with Gasteiger partial charge in [-0.1, -0.05) is 12.1 Å². The van der Waals surface area contributed by atoms with E-state index in [2.05, 4.69) is 0 Å². The Hall–Kier alpha value is -2.69. The number of cyclic esters (lactones) is 1. The zero-order valence-electron chi connectivity index (χ0n) is 12.0. The lowest BCUT2D eigenvalue weighted by Gasteiger charge is -2.23. The number of benzene rings is 2. The molecule has 0 unspecified atom stereocenters. The first-order valence-corrected chi connectivity index (χ1v) is 7.05. The van der Waals surface area contributed by atoms with Crippen molar-refractivity contribution in [3.8, 4) is 28.4 Å². The molecule has 0 spiro atoms. The third kappa shape index (κ3) is 1.82. The van der Waals surface area contributed by atoms with Crippen LogP contribution in [0.1, 0.15) is 15.9 Å². The van der Waals surface area contributed by atoms with Gasteiger partial charge in [-0.2, -0.15) is 0 Å². The highest BCUT2D eigenvalue weighted by atomic mass is 16.6. The van der Waals surface area contributed by atoms with Crippen LogP contribution in [-0.2, 0) is 11.3 Å². The summed E-state index contributed by atoms with van der Waals surface area (Å²) in [6, 6.07) is 9.36. The Morgan fingerprint density at radius 1 is 0.909 bits per heavy atom. The summed E-state index contributed by atoms with van der Waals surface area (Å²) in [5, 5.41) is 0. The van der Waals surface area contributed by atoms with Crippen molar-refractivity contribution in [1.29, 1.82) is 0 Å². The van der Waals surface area contributed by atoms with Crippen molar-refractivity contribution >= 4 is 5.97 Å². The first-order chi connectivity index (χ1) is 10.8. The van der Waals surface area contributed by atoms with E-state index < -0.39 is 0 Å². The Kier molecular flexibility index (Phi) is 2.92. The number of hydrogen-bond acceptors (Lipinski definition) is 5. The first-order valence-electron chi connectivity index (χ1n) is 7.05. The average molecular weight is 298 g/mol. The van der Waals surface area contributed by atoms with Gasteiger partial charge < -0.3 is 18.9 Å². The van der Waals surface area contributed by atoms with Crippen LogP contribution in [-0.4, -0.2) is 26.3 Å². The molecule has 0 saturated carbocycles. The number of rotatable bonds is 2. The highest BCUT2D eigenvalue weighted by molar-refractivity contribution is 5.96. The maximum Gasteiger partial charge on any atom is 0.338 e. The summed E-state index contributed by atoms with van der Waals surface area (Å²) in [6.07, 6.45) is 0. The summed E-state index contributed by atoms with van der Waals surface area (Å²) in [7, 11) is 1.60. The van der Waals surface area contributed by atoms with Crippen LogP contribution >= 0.6 is 0 Å². The summed E-state index contributed by atoms with van der Waals surface area (Å²) in [4.78, 5) is 11.7. The second-order valence-electron chi connectivity index (χ2n) is 5.08. The standard InChI is InChI=1S/C17H14O5/c1-19-14-6-5-11(15-16(14)21-8-7-20-15)10-3-2-4-12-13(10)9-22-17(12)18/h2-6H,7-9H2,1H3. The van der Waals surface area contributed by atoms with Crippen molar-refractivity contribution in [1.82, 2.24) is 0 Å². The third-order valence-corrected chi connectivity index (χ3v) is 3.91. The molecule has 112 valence electrons. The Morgan fingerprint density at radius 3 is 2.50 bits per heavy atom. The zero-order valence-corrected chi connectivity index (χ0v) is 12.0. The lowest BCUT2D eigenvalue weighted by molar-refractivity contribution is 0.0535. The molecule has 0 amide bonds. The minimum absolute atomic E-state index is 0.281. The zero-order chi connectivity index (χ0) is 15.1. The quantitative estimate of drug-likeness (QED) is 0.798. The van der Waals surface area contributed by atoms with Crippen LogP contribution in [0.15, 0.2) is 30.3 Å². The van der Waals surface area contributed by atoms with Crippen LogP contribution < -0.4 is 14.2 Å². The number of methoxy groups -OCH3 is 1. The molecule has 2 heterocycles. The maximum absolute atomic E-state index is 11.7. The van der Waals surface area contributed by atoms with Crippen molar-refractivity contribution in [2.45, 2.75) is 6.61 Å². The average Bonchev–Trinajstić information content (AvgIpc) is 2.95. The summed E-state index contributed by atoms with van der Waals surface area (Å²) >= 11 is 0. The minimum atomic E-state index is -0.281. The van der Waals surface area contributed by atoms with Crippen molar-refractivity contribution in [2.75, 3.05) is 20.3 Å². The number of fused-ring (bicyclic) bond motifs is 2. The van der Waals surface area contributed by atoms with Gasteiger partial charge in [0.25, 0.3) is 0 Å². The van der Waals surface area contributed by atoms with Crippen molar-refractivity contribution in [3.05, 3.63) is 41.5 Å². The molecule has 0 radical (unpaired) electrons. The first kappa shape index (κ1) is 13.0. The topological polar surface area (TPSA) is 54.0 Å². The molecule has 2 aromatic rings. The lowest BCUT2D eigenvalue weighted by Crippen LogP contribution is -2.16. The van der Waals surface area contributed by atoms with Crippen molar-refractivity contribution in [3.63, 3.8) is 0 Å². The summed E-state index contributed by atoms with van der Waals surface area (Å²) in [5.41, 5.74) is 3.30. The third-order valence-electron chi connectivity index (χ3n) is 3.91. The normalized spacial score (nSPS) is 15.2. The molecule has 5 nitrogen and oxygen atoms in total. The van der Waals surface area contributed by atoms with Crippen LogP contribution in [0.2, 0.25) is 0 Å². The monoisotopic (exact) mass is 298 g/mol. The van der Waals surface area contributed by atoms with Gasteiger partial charge in [0, 0.05) is 11.1 Å². The van der Waals surface area contributed by atoms with Gasteiger partial charge in [0.15, 0.2) is 11.5 Å². The fraction of sp³-hybridized carbons (Fsp3) is 0.235. The number of ether oxygens (including phenoxy) is 4. The largest absolute Gasteiger partial charge is 0.493 e. The Balaban J connectivity index is 1.93. The summed E-state index contributed by atoms with van der Waals surface area (Å²) in [6.45, 7) is 1.25. The Labute approximate surface area is 127 Å². The van der Waals surface area contributed by atoms with Gasteiger partial charge in [0.1, 0.15) is 19.8 Å². The second-order valence-corrected chi connectivity index (χ2v) is 5.08. The van der Waals surface area contributed by atoms with Crippen molar-refractivity contribution < 1.29 is 23.7 Å². The van der Waals surface area contributed by atoms with Gasteiger partial charge in [-0.3, -0.25) is 0 Å². The Morgan fingerprint density at radius 2 is 1.68 bits per heavy atom. The van der Waals surface area contributed by atoms with Crippen LogP contribution in [0.3, 0.4) is 0 Å². The van der Waals surface area contributed by atoms with E-state index in [4.69, 9.17) is 18.9 Å². The molecule has 0 N–H and O–H groups in total. The Bertz CT molecular complexity index is 766. The molecule has 0 aliphatic carbocycles. The minimum Gasteiger partial charge on any atom is -0.493 e. The van der Waals surface area contributed by atoms with E-state index in [9.17, 15) is 4.79 Å². The molecule has 0 atom stereocenters. The predicted molar refractivity (Wildman–Crippen MR) is 78.5 cm³/mol. The number of carbonyl (C=O) groups is 1. The SMILES string of the molecule is COc1ccc(-c2cccc3c2COC3=O)c2c1OCCO2. The number of esters is 1. The summed E-state index contributed by atoms with van der Waals surface area (Å²) in [5.74, 6) is 1.61. The maximum atomic E-state index is 11.7. The highest BCUT2D eigenvalue weighted by Crippen LogP contribution is 2.47. The van der Waals surface area contributed by atoms with Gasteiger partial charge in [-0.15, -0.1) is 0 Å². The van der Waals surface area contributed by atoms with E-state index in [0.29, 0.717) is 36.0 Å². The van der Waals surface area contributed by atoms with Crippen molar-refractivity contribution in [2.24, 2.45) is 0 Å². The van der Waals surface area contributed by atoms with E-state index in [-0.39, 0.29) is 12.6 Å². The van der Waals surface area contributed by atoms with Gasteiger partial charge >= 0.3 is 5.97 Å². The predicted octanol–water partition coefficient (Wildman–Crippen LogP) is 2.80. The van der Waals surface area contributed by atoms with E-state index in [1.165, 1.54) is 0 Å². The molecule has 0 bridgehead atoms. The molecule has 2 aliphatic rings. The van der Waals surface area contributed by atoms with Gasteiger partial charge in [-0.05, 0) is 23.8 Å². The van der Waals surface area contributed by atoms with E-state index in [1.807, 2.05) is 24.3 Å². The molecule has 2 aliphatic heterocycles. The van der Waals surface area contributed by atoms with Crippen LogP contribution in [0.5, 0.6) is 17.2 Å². The van der Waals surface area contributed by atoms with Gasteiger partial charge in [-0.25, -0.2) is 4.79 Å². The van der Waals surface area contributed by atoms with Gasteiger partial charge in [0.2, 0.25) is 5.75 Å². The molecule has 0 fully saturated rings. The molecule has 0 saturated heterocycles. The molecule has 0 aromatic heterocycles. The van der Waals surface area contributed by atoms with Crippen LogP contribution in [0, 0.1) is 0 Å². The number of hydrogen-bond donors (Lipinski definition) is 0. The molecular weight excluding hydrogens is 284 g/mol. The fourth-order valence-corrected chi connectivity index (χ4v) is 2.89. The molecular formula is C17H14O5. The fourth-order valence-electron chi connectivity index (χ4n) is 2.89. The van der Waals surface area contributed by atoms with Gasteiger partial charge in [0.05, 0.1) is 12.7 Å². The molecule has 22 heavy (non-hydrogen) atoms. The summed E-state index contributed by atoms with van der Waals surface area (Å²) < 4.78 is 22.0. The van der Waals surface area contributed by atoms with Crippen LogP contribution in [0.4, 0.5) is 0 Å². The smallest absolute Gasteiger partial charge is 0.338 e. The van der Waals surface area contributed by atoms with E-state index in [0.717, 1.165) is 16.7 Å². The van der Waals surface area contributed by atoms with Crippen LogP contribution in [0.25, 0.3) is 11.1 Å².